The molecule has 0 aliphatic carbocycles. The second-order valence-corrected chi connectivity index (χ2v) is 5.93. The number of carbonyl (C=O) groups excluding carboxylic acids is 2. The molecular weight excluding hydrogens is 290 g/mol. The predicted molar refractivity (Wildman–Crippen MR) is 82.9 cm³/mol. The van der Waals surface area contributed by atoms with Crippen molar-refractivity contribution in [2.24, 2.45) is 5.92 Å². The van der Waals surface area contributed by atoms with Crippen molar-refractivity contribution in [3.05, 3.63) is 11.8 Å². The molecule has 4 N–H and O–H groups in total. The molecule has 0 bridgehead atoms. The molecule has 0 aliphatic rings. The summed E-state index contributed by atoms with van der Waals surface area (Å²) in [5.41, 5.74) is 6.33. The molecule has 21 heavy (non-hydrogen) atoms. The van der Waals surface area contributed by atoms with E-state index in [2.05, 4.69) is 34.4 Å². The molecule has 0 saturated heterocycles. The molecule has 1 heterocycles. The highest BCUT2D eigenvalue weighted by atomic mass is 32.2. The zero-order chi connectivity index (χ0) is 15.8. The van der Waals surface area contributed by atoms with Crippen molar-refractivity contribution < 1.29 is 9.59 Å². The van der Waals surface area contributed by atoms with Crippen LogP contribution in [0, 0.1) is 12.8 Å². The molecule has 0 unspecified atom stereocenters. The van der Waals surface area contributed by atoms with E-state index in [9.17, 15) is 9.59 Å². The zero-order valence-corrected chi connectivity index (χ0v) is 13.3. The van der Waals surface area contributed by atoms with Gasteiger partial charge in [0.1, 0.15) is 5.82 Å². The monoisotopic (exact) mass is 311 g/mol. The number of thioether (sulfide) groups is 1. The average Bonchev–Trinajstić information content (AvgIpc) is 2.34. The highest BCUT2D eigenvalue weighted by Gasteiger charge is 2.09. The first-order chi connectivity index (χ1) is 9.86. The third-order valence-corrected chi connectivity index (χ3v) is 3.29. The molecule has 0 aliphatic heterocycles. The third kappa shape index (κ3) is 7.50. The maximum absolute atomic E-state index is 11.6. The van der Waals surface area contributed by atoms with E-state index in [0.717, 1.165) is 23.9 Å². The minimum Gasteiger partial charge on any atom is -0.384 e. The number of imide groups is 1. The minimum atomic E-state index is -0.481. The van der Waals surface area contributed by atoms with Crippen LogP contribution in [0.2, 0.25) is 0 Å². The molecule has 0 spiro atoms. The Balaban J connectivity index is 2.32. The second-order valence-electron chi connectivity index (χ2n) is 4.99. The fraction of sp³-hybridized carbons (Fsp3) is 0.538. The lowest BCUT2D eigenvalue weighted by atomic mass is 10.1. The summed E-state index contributed by atoms with van der Waals surface area (Å²) in [6.07, 6.45) is 0.868. The van der Waals surface area contributed by atoms with Crippen LogP contribution in [0.1, 0.15) is 26.0 Å². The van der Waals surface area contributed by atoms with E-state index in [0.29, 0.717) is 23.4 Å². The zero-order valence-electron chi connectivity index (χ0n) is 12.5. The van der Waals surface area contributed by atoms with Gasteiger partial charge in [-0.25, -0.2) is 14.8 Å². The standard InChI is InChI=1S/C13H21N5O2S/c1-8(2)4-5-15-12(20)18-11(19)7-21-13-16-9(3)6-10(14)17-13/h6,8H,4-5,7H2,1-3H3,(H2,14,16,17)(H2,15,18,19,20). The summed E-state index contributed by atoms with van der Waals surface area (Å²) in [6.45, 7) is 6.47. The Kier molecular flexibility index (Phi) is 6.93. The van der Waals surface area contributed by atoms with Gasteiger partial charge in [-0.3, -0.25) is 10.1 Å². The SMILES string of the molecule is Cc1cc(N)nc(SCC(=O)NC(=O)NCCC(C)C)n1. The lowest BCUT2D eigenvalue weighted by Crippen LogP contribution is -2.40. The van der Waals surface area contributed by atoms with Gasteiger partial charge in [-0.2, -0.15) is 0 Å². The van der Waals surface area contributed by atoms with Crippen LogP contribution in [0.25, 0.3) is 0 Å². The number of nitrogen functional groups attached to an aromatic ring is 1. The van der Waals surface area contributed by atoms with Crippen LogP contribution in [0.5, 0.6) is 0 Å². The summed E-state index contributed by atoms with van der Waals surface area (Å²) in [6, 6.07) is 1.16. The van der Waals surface area contributed by atoms with E-state index in [4.69, 9.17) is 5.73 Å². The largest absolute Gasteiger partial charge is 0.384 e. The average molecular weight is 311 g/mol. The fourth-order valence-corrected chi connectivity index (χ4v) is 2.15. The second kappa shape index (κ2) is 8.46. The highest BCUT2D eigenvalue weighted by Crippen LogP contribution is 2.14. The molecule has 0 radical (unpaired) electrons. The van der Waals surface area contributed by atoms with E-state index >= 15 is 0 Å². The summed E-state index contributed by atoms with van der Waals surface area (Å²) in [4.78, 5) is 31.2. The molecule has 1 aromatic rings. The van der Waals surface area contributed by atoms with Gasteiger partial charge in [0.05, 0.1) is 5.75 Å². The van der Waals surface area contributed by atoms with Gasteiger partial charge in [0.25, 0.3) is 0 Å². The Morgan fingerprint density at radius 3 is 2.71 bits per heavy atom. The van der Waals surface area contributed by atoms with Crippen molar-refractivity contribution in [3.63, 3.8) is 0 Å². The van der Waals surface area contributed by atoms with Crippen LogP contribution < -0.4 is 16.4 Å². The van der Waals surface area contributed by atoms with E-state index in [-0.39, 0.29) is 5.75 Å². The summed E-state index contributed by atoms with van der Waals surface area (Å²) in [5.74, 6) is 0.517. The molecule has 1 rings (SSSR count). The number of hydrogen-bond donors (Lipinski definition) is 3. The number of nitrogens with two attached hydrogens (primary N) is 1. The molecule has 7 nitrogen and oxygen atoms in total. The number of urea groups is 1. The number of aromatic nitrogens is 2. The minimum absolute atomic E-state index is 0.0560. The quantitative estimate of drug-likeness (QED) is 0.540. The molecule has 116 valence electrons. The normalized spacial score (nSPS) is 10.5. The molecule has 0 saturated carbocycles. The maximum atomic E-state index is 11.6. The molecule has 8 heteroatoms. The van der Waals surface area contributed by atoms with Gasteiger partial charge in [-0.15, -0.1) is 0 Å². The Morgan fingerprint density at radius 1 is 1.38 bits per heavy atom. The topological polar surface area (TPSA) is 110 Å². The number of aryl methyl sites for hydroxylation is 1. The van der Waals surface area contributed by atoms with Gasteiger partial charge >= 0.3 is 6.03 Å². The van der Waals surface area contributed by atoms with Crippen molar-refractivity contribution in [2.45, 2.75) is 32.3 Å². The van der Waals surface area contributed by atoms with Crippen LogP contribution in [-0.2, 0) is 4.79 Å². The van der Waals surface area contributed by atoms with Crippen LogP contribution >= 0.6 is 11.8 Å². The summed E-state index contributed by atoms with van der Waals surface area (Å²) in [5, 5.41) is 5.31. The van der Waals surface area contributed by atoms with Gasteiger partial charge in [-0.05, 0) is 19.3 Å². The van der Waals surface area contributed by atoms with Crippen molar-refractivity contribution in [1.29, 1.82) is 0 Å². The summed E-state index contributed by atoms with van der Waals surface area (Å²) in [7, 11) is 0. The molecule has 1 aromatic heterocycles. The number of amides is 3. The summed E-state index contributed by atoms with van der Waals surface area (Å²) < 4.78 is 0. The Bertz CT molecular complexity index is 487. The first-order valence-electron chi connectivity index (χ1n) is 6.68. The number of hydrogen-bond acceptors (Lipinski definition) is 6. The number of anilines is 1. The van der Waals surface area contributed by atoms with E-state index in [1.807, 2.05) is 0 Å². The van der Waals surface area contributed by atoms with Crippen LogP contribution in [0.3, 0.4) is 0 Å². The first-order valence-corrected chi connectivity index (χ1v) is 7.67. The smallest absolute Gasteiger partial charge is 0.321 e. The lowest BCUT2D eigenvalue weighted by molar-refractivity contribution is -0.117. The Labute approximate surface area is 128 Å². The first kappa shape index (κ1) is 17.2. The lowest BCUT2D eigenvalue weighted by Gasteiger charge is -2.08. The van der Waals surface area contributed by atoms with Gasteiger partial charge in [0.2, 0.25) is 5.91 Å². The van der Waals surface area contributed by atoms with Crippen LogP contribution in [0.15, 0.2) is 11.2 Å². The number of carbonyl (C=O) groups is 2. The molecule has 0 fully saturated rings. The molecule has 3 amide bonds. The van der Waals surface area contributed by atoms with E-state index in [1.54, 1.807) is 13.0 Å². The van der Waals surface area contributed by atoms with Crippen molar-refractivity contribution in [3.8, 4) is 0 Å². The number of nitrogens with zero attached hydrogens (tertiary/aromatic N) is 2. The molecule has 0 aromatic carbocycles. The molecule has 0 atom stereocenters. The number of nitrogens with one attached hydrogen (secondary N) is 2. The van der Waals surface area contributed by atoms with Gasteiger partial charge in [0.15, 0.2) is 5.16 Å². The fourth-order valence-electron chi connectivity index (χ4n) is 1.44. The van der Waals surface area contributed by atoms with Crippen LogP contribution in [0.4, 0.5) is 10.6 Å². The molecular formula is C13H21N5O2S. The van der Waals surface area contributed by atoms with E-state index in [1.165, 1.54) is 0 Å². The van der Waals surface area contributed by atoms with E-state index < -0.39 is 11.9 Å². The predicted octanol–water partition coefficient (Wildman–Crippen LogP) is 1.33. The third-order valence-electron chi connectivity index (χ3n) is 2.45. The summed E-state index contributed by atoms with van der Waals surface area (Å²) >= 11 is 1.13. The Hall–Kier alpha value is -1.83. The van der Waals surface area contributed by atoms with Gasteiger partial charge in [-0.1, -0.05) is 25.6 Å². The highest BCUT2D eigenvalue weighted by molar-refractivity contribution is 7.99. The van der Waals surface area contributed by atoms with Gasteiger partial charge < -0.3 is 11.1 Å². The van der Waals surface area contributed by atoms with Crippen LogP contribution in [-0.4, -0.2) is 34.2 Å². The maximum Gasteiger partial charge on any atom is 0.321 e. The van der Waals surface area contributed by atoms with Gasteiger partial charge in [0, 0.05) is 18.3 Å². The van der Waals surface area contributed by atoms with Crippen molar-refractivity contribution in [1.82, 2.24) is 20.6 Å². The Morgan fingerprint density at radius 2 is 2.10 bits per heavy atom. The van der Waals surface area contributed by atoms with Crippen molar-refractivity contribution >= 4 is 29.5 Å². The number of rotatable bonds is 6. The van der Waals surface area contributed by atoms with Crippen molar-refractivity contribution in [2.75, 3.05) is 18.0 Å².